The van der Waals surface area contributed by atoms with E-state index >= 15 is 0 Å². The average molecular weight is 344 g/mol. The molecule has 0 saturated heterocycles. The largest absolute Gasteiger partial charge is 0.338 e. The molecule has 1 unspecified atom stereocenters. The molecule has 1 N–H and O–H groups in total. The van der Waals surface area contributed by atoms with Crippen molar-refractivity contribution in [1.82, 2.24) is 14.9 Å². The van der Waals surface area contributed by atoms with Crippen LogP contribution >= 0.6 is 11.6 Å². The molecule has 1 atom stereocenters. The van der Waals surface area contributed by atoms with Gasteiger partial charge in [-0.25, -0.2) is 9.37 Å². The highest BCUT2D eigenvalue weighted by atomic mass is 35.5. The molecule has 6 heteroatoms. The van der Waals surface area contributed by atoms with Crippen molar-refractivity contribution >= 4 is 17.5 Å². The lowest BCUT2D eigenvalue weighted by Crippen LogP contribution is -2.31. The summed E-state index contributed by atoms with van der Waals surface area (Å²) in [5.74, 6) is -0.0423. The highest BCUT2D eigenvalue weighted by molar-refractivity contribution is 6.30. The van der Waals surface area contributed by atoms with Crippen LogP contribution in [-0.2, 0) is 7.05 Å². The zero-order chi connectivity index (χ0) is 17.1. The molecule has 122 valence electrons. The summed E-state index contributed by atoms with van der Waals surface area (Å²) in [4.78, 5) is 16.8. The van der Waals surface area contributed by atoms with Crippen LogP contribution in [0.4, 0.5) is 4.39 Å². The number of hydrogen-bond donors (Lipinski definition) is 1. The second-order valence-corrected chi connectivity index (χ2v) is 5.80. The molecular weight excluding hydrogens is 329 g/mol. The van der Waals surface area contributed by atoms with Crippen LogP contribution in [0.1, 0.15) is 27.8 Å². The molecule has 0 bridgehead atoms. The van der Waals surface area contributed by atoms with E-state index in [0.29, 0.717) is 22.0 Å². The molecule has 0 spiro atoms. The van der Waals surface area contributed by atoms with E-state index in [4.69, 9.17) is 11.6 Å². The Labute approximate surface area is 143 Å². The molecule has 24 heavy (non-hydrogen) atoms. The molecule has 0 aliphatic rings. The minimum Gasteiger partial charge on any atom is -0.338 e. The fraction of sp³-hybridized carbons (Fsp3) is 0.111. The van der Waals surface area contributed by atoms with E-state index in [-0.39, 0.29) is 11.7 Å². The predicted octanol–water partition coefficient (Wildman–Crippen LogP) is 3.73. The van der Waals surface area contributed by atoms with Crippen LogP contribution in [0.3, 0.4) is 0 Å². The van der Waals surface area contributed by atoms with Crippen molar-refractivity contribution in [3.05, 3.63) is 88.7 Å². The maximum Gasteiger partial charge on any atom is 0.252 e. The number of carbonyl (C=O) groups excluding carboxylic acids is 1. The minimum atomic E-state index is -0.566. The van der Waals surface area contributed by atoms with Crippen molar-refractivity contribution in [1.29, 1.82) is 0 Å². The summed E-state index contributed by atoms with van der Waals surface area (Å²) < 4.78 is 15.4. The normalized spacial score (nSPS) is 12.0. The smallest absolute Gasteiger partial charge is 0.252 e. The number of aromatic nitrogens is 2. The van der Waals surface area contributed by atoms with Crippen LogP contribution in [0, 0.1) is 5.82 Å². The van der Waals surface area contributed by atoms with Gasteiger partial charge in [0.15, 0.2) is 0 Å². The lowest BCUT2D eigenvalue weighted by Gasteiger charge is -2.19. The first-order valence-electron chi connectivity index (χ1n) is 7.34. The van der Waals surface area contributed by atoms with Crippen LogP contribution in [-0.4, -0.2) is 15.5 Å². The van der Waals surface area contributed by atoms with Crippen LogP contribution in [0.15, 0.2) is 60.9 Å². The predicted molar refractivity (Wildman–Crippen MR) is 90.4 cm³/mol. The lowest BCUT2D eigenvalue weighted by molar-refractivity contribution is 0.0941. The van der Waals surface area contributed by atoms with Gasteiger partial charge in [0.1, 0.15) is 17.7 Å². The van der Waals surface area contributed by atoms with Crippen molar-refractivity contribution < 1.29 is 9.18 Å². The molecule has 0 aliphatic heterocycles. The van der Waals surface area contributed by atoms with Crippen LogP contribution in [0.25, 0.3) is 0 Å². The van der Waals surface area contributed by atoms with Gasteiger partial charge in [0.25, 0.3) is 5.91 Å². The summed E-state index contributed by atoms with van der Waals surface area (Å²) in [5, 5.41) is 3.46. The first-order chi connectivity index (χ1) is 11.5. The maximum atomic E-state index is 13.6. The van der Waals surface area contributed by atoms with Gasteiger partial charge in [-0.15, -0.1) is 0 Å². The molecular formula is C18H15ClFN3O. The maximum absolute atomic E-state index is 13.6. The lowest BCUT2D eigenvalue weighted by atomic mass is 10.0. The van der Waals surface area contributed by atoms with Crippen molar-refractivity contribution in [2.24, 2.45) is 7.05 Å². The monoisotopic (exact) mass is 343 g/mol. The van der Waals surface area contributed by atoms with E-state index in [2.05, 4.69) is 10.3 Å². The van der Waals surface area contributed by atoms with E-state index in [1.54, 1.807) is 53.4 Å². The summed E-state index contributed by atoms with van der Waals surface area (Å²) in [6.07, 6.45) is 3.41. The first kappa shape index (κ1) is 16.2. The Morgan fingerprint density at radius 1 is 1.25 bits per heavy atom. The number of rotatable bonds is 4. The number of carbonyl (C=O) groups is 1. The van der Waals surface area contributed by atoms with Gasteiger partial charge in [0, 0.05) is 30.0 Å². The molecule has 2 aromatic carbocycles. The number of hydrogen-bond acceptors (Lipinski definition) is 2. The van der Waals surface area contributed by atoms with E-state index < -0.39 is 6.04 Å². The zero-order valence-corrected chi connectivity index (χ0v) is 13.7. The van der Waals surface area contributed by atoms with E-state index in [9.17, 15) is 9.18 Å². The van der Waals surface area contributed by atoms with Gasteiger partial charge in [-0.2, -0.15) is 0 Å². The third-order valence-corrected chi connectivity index (χ3v) is 3.93. The molecule has 1 amide bonds. The van der Waals surface area contributed by atoms with Crippen LogP contribution in [0.5, 0.6) is 0 Å². The topological polar surface area (TPSA) is 46.9 Å². The first-order valence-corrected chi connectivity index (χ1v) is 7.71. The molecule has 0 fully saturated rings. The van der Waals surface area contributed by atoms with Crippen LogP contribution < -0.4 is 5.32 Å². The Kier molecular flexibility index (Phi) is 4.62. The molecule has 1 aromatic heterocycles. The van der Waals surface area contributed by atoms with Crippen molar-refractivity contribution in [2.75, 3.05) is 0 Å². The Balaban J connectivity index is 1.95. The molecule has 0 aliphatic carbocycles. The highest BCUT2D eigenvalue weighted by Gasteiger charge is 2.21. The van der Waals surface area contributed by atoms with E-state index in [0.717, 1.165) is 0 Å². The van der Waals surface area contributed by atoms with Gasteiger partial charge in [-0.1, -0.05) is 23.7 Å². The Morgan fingerprint density at radius 2 is 2.00 bits per heavy atom. The Bertz CT molecular complexity index is 861. The van der Waals surface area contributed by atoms with Gasteiger partial charge < -0.3 is 9.88 Å². The number of aryl methyl sites for hydroxylation is 1. The number of nitrogens with zero attached hydrogens (tertiary/aromatic N) is 2. The summed E-state index contributed by atoms with van der Waals surface area (Å²) in [5.41, 5.74) is 1.08. The third kappa shape index (κ3) is 3.46. The molecule has 4 nitrogen and oxygen atoms in total. The number of benzene rings is 2. The van der Waals surface area contributed by atoms with Gasteiger partial charge in [-0.05, 0) is 42.0 Å². The fourth-order valence-corrected chi connectivity index (χ4v) is 2.58. The summed E-state index contributed by atoms with van der Waals surface area (Å²) in [6, 6.07) is 12.1. The second-order valence-electron chi connectivity index (χ2n) is 5.36. The summed E-state index contributed by atoms with van der Waals surface area (Å²) >= 11 is 5.85. The molecule has 0 saturated carbocycles. The molecule has 3 aromatic rings. The molecule has 1 heterocycles. The minimum absolute atomic E-state index is 0.288. The third-order valence-electron chi connectivity index (χ3n) is 3.68. The van der Waals surface area contributed by atoms with Gasteiger partial charge >= 0.3 is 0 Å². The van der Waals surface area contributed by atoms with Crippen molar-refractivity contribution in [2.45, 2.75) is 6.04 Å². The van der Waals surface area contributed by atoms with Crippen molar-refractivity contribution in [3.8, 4) is 0 Å². The Morgan fingerprint density at radius 3 is 2.62 bits per heavy atom. The fourth-order valence-electron chi connectivity index (χ4n) is 2.45. The van der Waals surface area contributed by atoms with E-state index in [1.165, 1.54) is 12.1 Å². The standard InChI is InChI=1S/C18H15ClFN3O/c1-23-10-9-21-17(23)16(13-3-2-4-15(20)11-13)22-18(24)12-5-7-14(19)8-6-12/h2-11,16H,1H3,(H,22,24). The molecule has 0 radical (unpaired) electrons. The number of imidazole rings is 1. The van der Waals surface area contributed by atoms with Crippen LogP contribution in [0.2, 0.25) is 5.02 Å². The number of halogens is 2. The van der Waals surface area contributed by atoms with E-state index in [1.807, 2.05) is 7.05 Å². The number of nitrogens with one attached hydrogen (secondary N) is 1. The van der Waals surface area contributed by atoms with Gasteiger partial charge in [-0.3, -0.25) is 4.79 Å². The van der Waals surface area contributed by atoms with Gasteiger partial charge in [0.2, 0.25) is 0 Å². The van der Waals surface area contributed by atoms with Gasteiger partial charge in [0.05, 0.1) is 0 Å². The highest BCUT2D eigenvalue weighted by Crippen LogP contribution is 2.22. The number of amides is 1. The SMILES string of the molecule is Cn1ccnc1C(NC(=O)c1ccc(Cl)cc1)c1cccc(F)c1. The average Bonchev–Trinajstić information content (AvgIpc) is 2.99. The second kappa shape index (κ2) is 6.84. The summed E-state index contributed by atoms with van der Waals surface area (Å²) in [7, 11) is 1.82. The zero-order valence-electron chi connectivity index (χ0n) is 12.9. The molecule has 3 rings (SSSR count). The summed E-state index contributed by atoms with van der Waals surface area (Å²) in [6.45, 7) is 0. The van der Waals surface area contributed by atoms with Crippen molar-refractivity contribution in [3.63, 3.8) is 0 Å². The quantitative estimate of drug-likeness (QED) is 0.784. The Hall–Kier alpha value is -2.66.